The number of benzene rings is 1. The summed E-state index contributed by atoms with van der Waals surface area (Å²) in [7, 11) is 0. The number of halogens is 1. The van der Waals surface area contributed by atoms with Gasteiger partial charge in [-0.1, -0.05) is 12.1 Å². The standard InChI is InChI=1S/C13H10FN3O2/c1-7-9-3-2-4-10(14)12(9)19-11(7)13(18)17-8-5-15-16-6-8/h2-6H,1H3,(H,15,16)(H,17,18). The molecule has 96 valence electrons. The van der Waals surface area contributed by atoms with E-state index in [0.29, 0.717) is 16.6 Å². The Bertz CT molecular complexity index is 747. The van der Waals surface area contributed by atoms with Crippen LogP contribution in [0.25, 0.3) is 11.0 Å². The van der Waals surface area contributed by atoms with Crippen molar-refractivity contribution in [1.82, 2.24) is 10.2 Å². The van der Waals surface area contributed by atoms with Gasteiger partial charge >= 0.3 is 0 Å². The van der Waals surface area contributed by atoms with Crippen molar-refractivity contribution in [3.05, 3.63) is 47.7 Å². The summed E-state index contributed by atoms with van der Waals surface area (Å²) in [6.07, 6.45) is 3.01. The number of H-pyrrole nitrogens is 1. The summed E-state index contributed by atoms with van der Waals surface area (Å²) in [6.45, 7) is 1.72. The number of aromatic nitrogens is 2. The van der Waals surface area contributed by atoms with Gasteiger partial charge in [0.25, 0.3) is 5.91 Å². The van der Waals surface area contributed by atoms with Crippen LogP contribution in [0.1, 0.15) is 16.1 Å². The van der Waals surface area contributed by atoms with Crippen LogP contribution in [0, 0.1) is 12.7 Å². The molecule has 0 aliphatic carbocycles. The lowest BCUT2D eigenvalue weighted by Crippen LogP contribution is -2.11. The van der Waals surface area contributed by atoms with Crippen LogP contribution in [0.15, 0.2) is 35.0 Å². The van der Waals surface area contributed by atoms with Gasteiger partial charge in [-0.25, -0.2) is 4.39 Å². The molecule has 0 bridgehead atoms. The third kappa shape index (κ3) is 1.87. The second kappa shape index (κ2) is 4.24. The number of furan rings is 1. The third-order valence-corrected chi connectivity index (χ3v) is 2.88. The number of fused-ring (bicyclic) bond motifs is 1. The van der Waals surface area contributed by atoms with E-state index in [4.69, 9.17) is 4.42 Å². The molecule has 1 aromatic carbocycles. The number of hydrogen-bond acceptors (Lipinski definition) is 3. The molecule has 0 fully saturated rings. The monoisotopic (exact) mass is 259 g/mol. The van der Waals surface area contributed by atoms with Crippen LogP contribution >= 0.6 is 0 Å². The number of aryl methyl sites for hydroxylation is 1. The number of anilines is 1. The molecule has 6 heteroatoms. The van der Waals surface area contributed by atoms with Crippen LogP contribution in [0.5, 0.6) is 0 Å². The number of amides is 1. The number of aromatic amines is 1. The van der Waals surface area contributed by atoms with Crippen LogP contribution in [0.4, 0.5) is 10.1 Å². The van der Waals surface area contributed by atoms with E-state index in [-0.39, 0.29) is 11.3 Å². The number of nitrogens with one attached hydrogen (secondary N) is 2. The van der Waals surface area contributed by atoms with Gasteiger partial charge in [-0.3, -0.25) is 9.89 Å². The molecule has 0 saturated heterocycles. The molecule has 2 N–H and O–H groups in total. The van der Waals surface area contributed by atoms with Crippen LogP contribution in [0.3, 0.4) is 0 Å². The van der Waals surface area contributed by atoms with E-state index in [2.05, 4.69) is 15.5 Å². The molecule has 3 aromatic rings. The van der Waals surface area contributed by atoms with Crippen LogP contribution in [0.2, 0.25) is 0 Å². The molecule has 2 aromatic heterocycles. The lowest BCUT2D eigenvalue weighted by atomic mass is 10.1. The lowest BCUT2D eigenvalue weighted by Gasteiger charge is -1.99. The van der Waals surface area contributed by atoms with E-state index < -0.39 is 11.7 Å². The molecule has 0 radical (unpaired) electrons. The van der Waals surface area contributed by atoms with Gasteiger partial charge in [0, 0.05) is 17.1 Å². The van der Waals surface area contributed by atoms with Crippen LogP contribution in [-0.4, -0.2) is 16.1 Å². The van der Waals surface area contributed by atoms with Gasteiger partial charge in [-0.2, -0.15) is 5.10 Å². The lowest BCUT2D eigenvalue weighted by molar-refractivity contribution is 0.0997. The summed E-state index contributed by atoms with van der Waals surface area (Å²) in [5.41, 5.74) is 1.22. The zero-order chi connectivity index (χ0) is 13.4. The first-order valence-corrected chi connectivity index (χ1v) is 5.64. The maximum Gasteiger partial charge on any atom is 0.291 e. The molecule has 0 unspecified atom stereocenters. The fraction of sp³-hybridized carbons (Fsp3) is 0.0769. The van der Waals surface area contributed by atoms with Gasteiger partial charge in [0.15, 0.2) is 17.2 Å². The molecule has 0 atom stereocenters. The third-order valence-electron chi connectivity index (χ3n) is 2.88. The number of hydrogen-bond donors (Lipinski definition) is 2. The van der Waals surface area contributed by atoms with E-state index in [0.717, 1.165) is 0 Å². The van der Waals surface area contributed by atoms with E-state index in [1.54, 1.807) is 19.1 Å². The van der Waals surface area contributed by atoms with E-state index in [1.165, 1.54) is 18.5 Å². The van der Waals surface area contributed by atoms with Crippen molar-refractivity contribution >= 4 is 22.6 Å². The van der Waals surface area contributed by atoms with Gasteiger partial charge in [0.2, 0.25) is 0 Å². The van der Waals surface area contributed by atoms with E-state index in [1.807, 2.05) is 0 Å². The quantitative estimate of drug-likeness (QED) is 0.743. The maximum absolute atomic E-state index is 13.6. The van der Waals surface area contributed by atoms with Crippen molar-refractivity contribution in [3.8, 4) is 0 Å². The number of para-hydroxylation sites is 1. The van der Waals surface area contributed by atoms with Crippen LogP contribution in [-0.2, 0) is 0 Å². The molecule has 2 heterocycles. The molecule has 1 amide bonds. The average Bonchev–Trinajstić information content (AvgIpc) is 2.99. The number of rotatable bonds is 2. The number of nitrogens with zero attached hydrogens (tertiary/aromatic N) is 1. The van der Waals surface area contributed by atoms with E-state index in [9.17, 15) is 9.18 Å². The molecule has 0 aliphatic rings. The molecular formula is C13H10FN3O2. The minimum atomic E-state index is -0.483. The van der Waals surface area contributed by atoms with Gasteiger partial charge in [0.05, 0.1) is 11.9 Å². The van der Waals surface area contributed by atoms with Crippen molar-refractivity contribution in [2.45, 2.75) is 6.92 Å². The maximum atomic E-state index is 13.6. The largest absolute Gasteiger partial charge is 0.448 e. The SMILES string of the molecule is Cc1c(C(=O)Nc2cn[nH]c2)oc2c(F)cccc12. The number of carbonyl (C=O) groups is 1. The minimum Gasteiger partial charge on any atom is -0.448 e. The molecule has 0 spiro atoms. The number of carbonyl (C=O) groups excluding carboxylic acids is 1. The predicted molar refractivity (Wildman–Crippen MR) is 67.4 cm³/mol. The molecule has 3 rings (SSSR count). The summed E-state index contributed by atoms with van der Waals surface area (Å²) >= 11 is 0. The first-order chi connectivity index (χ1) is 9.16. The Morgan fingerprint density at radius 1 is 1.47 bits per heavy atom. The summed E-state index contributed by atoms with van der Waals surface area (Å²) in [4.78, 5) is 12.0. The first-order valence-electron chi connectivity index (χ1n) is 5.64. The van der Waals surface area contributed by atoms with Crippen molar-refractivity contribution < 1.29 is 13.6 Å². The van der Waals surface area contributed by atoms with Crippen molar-refractivity contribution in [3.63, 3.8) is 0 Å². The van der Waals surface area contributed by atoms with Crippen molar-refractivity contribution in [2.24, 2.45) is 0 Å². The highest BCUT2D eigenvalue weighted by Gasteiger charge is 2.19. The summed E-state index contributed by atoms with van der Waals surface area (Å²) in [5.74, 6) is -0.821. The Kier molecular flexibility index (Phi) is 2.56. The minimum absolute atomic E-state index is 0.0948. The zero-order valence-corrected chi connectivity index (χ0v) is 10.0. The Labute approximate surface area is 107 Å². The Morgan fingerprint density at radius 3 is 3.00 bits per heavy atom. The van der Waals surface area contributed by atoms with Gasteiger partial charge in [-0.05, 0) is 13.0 Å². The molecule has 19 heavy (non-hydrogen) atoms. The fourth-order valence-corrected chi connectivity index (χ4v) is 1.93. The topological polar surface area (TPSA) is 70.9 Å². The highest BCUT2D eigenvalue weighted by molar-refractivity contribution is 6.06. The Balaban J connectivity index is 2.03. The Hall–Kier alpha value is -2.63. The second-order valence-corrected chi connectivity index (χ2v) is 4.11. The van der Waals surface area contributed by atoms with Gasteiger partial charge in [0.1, 0.15) is 0 Å². The highest BCUT2D eigenvalue weighted by atomic mass is 19.1. The predicted octanol–water partition coefficient (Wildman–Crippen LogP) is 2.86. The van der Waals surface area contributed by atoms with Crippen molar-refractivity contribution in [1.29, 1.82) is 0 Å². The molecule has 5 nitrogen and oxygen atoms in total. The smallest absolute Gasteiger partial charge is 0.291 e. The summed E-state index contributed by atoms with van der Waals surface area (Å²) in [6, 6.07) is 4.59. The average molecular weight is 259 g/mol. The molecule has 0 saturated carbocycles. The Morgan fingerprint density at radius 2 is 2.32 bits per heavy atom. The highest BCUT2D eigenvalue weighted by Crippen LogP contribution is 2.27. The molecule has 0 aliphatic heterocycles. The molecular weight excluding hydrogens is 249 g/mol. The van der Waals surface area contributed by atoms with Gasteiger partial charge in [-0.15, -0.1) is 0 Å². The summed E-state index contributed by atoms with van der Waals surface area (Å²) < 4.78 is 18.9. The van der Waals surface area contributed by atoms with Crippen molar-refractivity contribution in [2.75, 3.05) is 5.32 Å². The van der Waals surface area contributed by atoms with Gasteiger partial charge < -0.3 is 9.73 Å². The zero-order valence-electron chi connectivity index (χ0n) is 10.0. The summed E-state index contributed by atoms with van der Waals surface area (Å²) in [5, 5.41) is 9.50. The van der Waals surface area contributed by atoms with E-state index >= 15 is 0 Å². The normalized spacial score (nSPS) is 10.8. The first kappa shape index (κ1) is 11.5. The second-order valence-electron chi connectivity index (χ2n) is 4.11. The fourth-order valence-electron chi connectivity index (χ4n) is 1.93. The van der Waals surface area contributed by atoms with Crippen LogP contribution < -0.4 is 5.32 Å².